The second kappa shape index (κ2) is 8.71. The molecule has 2 aliphatic heterocycles. The van der Waals surface area contributed by atoms with Gasteiger partial charge in [-0.25, -0.2) is 4.98 Å². The monoisotopic (exact) mass is 453 g/mol. The Morgan fingerprint density at radius 3 is 2.84 bits per heavy atom. The lowest BCUT2D eigenvalue weighted by atomic mass is 10.1. The van der Waals surface area contributed by atoms with Crippen LogP contribution in [0, 0.1) is 6.92 Å². The zero-order valence-corrected chi connectivity index (χ0v) is 19.0. The van der Waals surface area contributed by atoms with E-state index in [9.17, 15) is 4.79 Å². The van der Waals surface area contributed by atoms with E-state index in [0.29, 0.717) is 24.7 Å². The summed E-state index contributed by atoms with van der Waals surface area (Å²) in [7, 11) is 0. The molecule has 0 radical (unpaired) electrons. The van der Waals surface area contributed by atoms with Crippen molar-refractivity contribution in [1.82, 2.24) is 9.88 Å². The van der Waals surface area contributed by atoms with E-state index < -0.39 is 0 Å². The minimum absolute atomic E-state index is 0.0335. The number of ether oxygens (including phenoxy) is 1. The highest BCUT2D eigenvalue weighted by atomic mass is 35.5. The van der Waals surface area contributed by atoms with E-state index in [-0.39, 0.29) is 12.0 Å². The maximum absolute atomic E-state index is 13.1. The quantitative estimate of drug-likeness (QED) is 0.572. The molecule has 0 N–H and O–H groups in total. The first-order valence-corrected chi connectivity index (χ1v) is 11.8. The first-order chi connectivity index (χ1) is 15.1. The van der Waals surface area contributed by atoms with Crippen molar-refractivity contribution >= 4 is 34.5 Å². The molecule has 160 valence electrons. The van der Waals surface area contributed by atoms with Crippen LogP contribution in [0.1, 0.15) is 22.2 Å². The van der Waals surface area contributed by atoms with E-state index >= 15 is 0 Å². The van der Waals surface area contributed by atoms with E-state index in [1.807, 2.05) is 36.1 Å². The van der Waals surface area contributed by atoms with Crippen LogP contribution in [0.25, 0.3) is 11.3 Å². The lowest BCUT2D eigenvalue weighted by Gasteiger charge is -2.33. The standard InChI is InChI=1S/C24H24ClN3O2S/c1-16-26-21(15-31-16)18-4-7-22-19(12-18)8-9-28(22)24(29)14-27-10-11-30-23(13-27)17-2-5-20(25)6-3-17/h2-7,12,15,23H,8-11,13-14H2,1H3. The van der Waals surface area contributed by atoms with E-state index in [1.165, 1.54) is 5.56 Å². The average molecular weight is 454 g/mol. The SMILES string of the molecule is Cc1nc(-c2ccc3c(c2)CCN3C(=O)CN2CCOC(c3ccc(Cl)cc3)C2)cs1. The van der Waals surface area contributed by atoms with Crippen LogP contribution in [0.3, 0.4) is 0 Å². The Kier molecular flexibility index (Phi) is 5.80. The fourth-order valence-corrected chi connectivity index (χ4v) is 5.07. The highest BCUT2D eigenvalue weighted by molar-refractivity contribution is 7.09. The Morgan fingerprint density at radius 2 is 2.06 bits per heavy atom. The maximum Gasteiger partial charge on any atom is 0.241 e. The van der Waals surface area contributed by atoms with Crippen LogP contribution in [0.4, 0.5) is 5.69 Å². The molecule has 0 saturated carbocycles. The summed E-state index contributed by atoms with van der Waals surface area (Å²) in [5.41, 5.74) is 5.48. The molecule has 1 unspecified atom stereocenters. The molecule has 2 aromatic carbocycles. The van der Waals surface area contributed by atoms with Crippen LogP contribution in [0.2, 0.25) is 5.02 Å². The minimum atomic E-state index is -0.0335. The molecule has 1 saturated heterocycles. The Hall–Kier alpha value is -2.25. The number of anilines is 1. The van der Waals surface area contributed by atoms with Gasteiger partial charge in [0.05, 0.1) is 30.0 Å². The first-order valence-electron chi connectivity index (χ1n) is 10.5. The topological polar surface area (TPSA) is 45.7 Å². The van der Waals surface area contributed by atoms with Gasteiger partial charge in [0.1, 0.15) is 0 Å². The number of fused-ring (bicyclic) bond motifs is 1. The van der Waals surface area contributed by atoms with Crippen molar-refractivity contribution in [3.63, 3.8) is 0 Å². The molecule has 3 aromatic rings. The van der Waals surface area contributed by atoms with Crippen LogP contribution in [-0.2, 0) is 16.0 Å². The number of thiazole rings is 1. The van der Waals surface area contributed by atoms with Gasteiger partial charge in [-0.05, 0) is 48.7 Å². The molecule has 1 aromatic heterocycles. The van der Waals surface area contributed by atoms with Gasteiger partial charge < -0.3 is 9.64 Å². The molecular weight excluding hydrogens is 430 g/mol. The molecule has 0 aliphatic carbocycles. The van der Waals surface area contributed by atoms with Crippen molar-refractivity contribution in [1.29, 1.82) is 0 Å². The number of rotatable bonds is 4. The highest BCUT2D eigenvalue weighted by Gasteiger charge is 2.29. The molecule has 1 atom stereocenters. The van der Waals surface area contributed by atoms with Crippen molar-refractivity contribution in [2.45, 2.75) is 19.4 Å². The van der Waals surface area contributed by atoms with Gasteiger partial charge in [0.25, 0.3) is 0 Å². The number of halogens is 1. The van der Waals surface area contributed by atoms with Crippen molar-refractivity contribution in [2.75, 3.05) is 37.7 Å². The smallest absolute Gasteiger partial charge is 0.241 e. The second-order valence-electron chi connectivity index (χ2n) is 8.04. The third-order valence-corrected chi connectivity index (χ3v) is 6.97. The summed E-state index contributed by atoms with van der Waals surface area (Å²) in [5, 5.41) is 3.87. The largest absolute Gasteiger partial charge is 0.371 e. The molecular formula is C24H24ClN3O2S. The number of hydrogen-bond acceptors (Lipinski definition) is 5. The number of amides is 1. The molecule has 2 aliphatic rings. The van der Waals surface area contributed by atoms with E-state index in [4.69, 9.17) is 16.3 Å². The van der Waals surface area contributed by atoms with Gasteiger partial charge in [0.2, 0.25) is 5.91 Å². The number of carbonyl (C=O) groups excluding carboxylic acids is 1. The number of aromatic nitrogens is 1. The highest BCUT2D eigenvalue weighted by Crippen LogP contribution is 2.33. The summed E-state index contributed by atoms with van der Waals surface area (Å²) in [5.74, 6) is 0.146. The molecule has 5 nitrogen and oxygen atoms in total. The summed E-state index contributed by atoms with van der Waals surface area (Å²) < 4.78 is 5.94. The lowest BCUT2D eigenvalue weighted by molar-refractivity contribution is -0.121. The molecule has 0 bridgehead atoms. The Morgan fingerprint density at radius 1 is 1.23 bits per heavy atom. The Bertz CT molecular complexity index is 1100. The fraction of sp³-hybridized carbons (Fsp3) is 0.333. The van der Waals surface area contributed by atoms with E-state index in [1.54, 1.807) is 11.3 Å². The summed E-state index contributed by atoms with van der Waals surface area (Å²) in [6.07, 6.45) is 0.850. The third-order valence-electron chi connectivity index (χ3n) is 5.94. The predicted octanol–water partition coefficient (Wildman–Crippen LogP) is 4.73. The van der Waals surface area contributed by atoms with Gasteiger partial charge in [-0.3, -0.25) is 9.69 Å². The van der Waals surface area contributed by atoms with Crippen LogP contribution in [0.5, 0.6) is 0 Å². The van der Waals surface area contributed by atoms with Gasteiger partial charge in [0, 0.05) is 41.3 Å². The molecule has 5 rings (SSSR count). The zero-order chi connectivity index (χ0) is 21.4. The molecule has 3 heterocycles. The van der Waals surface area contributed by atoms with Crippen LogP contribution >= 0.6 is 22.9 Å². The number of nitrogens with zero attached hydrogens (tertiary/aromatic N) is 3. The van der Waals surface area contributed by atoms with Crippen LogP contribution in [0.15, 0.2) is 47.8 Å². The third kappa shape index (κ3) is 4.39. The molecule has 1 fully saturated rings. The first kappa shape index (κ1) is 20.6. The van der Waals surface area contributed by atoms with Crippen LogP contribution < -0.4 is 4.90 Å². The number of hydrogen-bond donors (Lipinski definition) is 0. The average Bonchev–Trinajstić information content (AvgIpc) is 3.40. The molecule has 31 heavy (non-hydrogen) atoms. The summed E-state index contributed by atoms with van der Waals surface area (Å²) in [4.78, 5) is 21.8. The number of benzene rings is 2. The molecule has 7 heteroatoms. The number of aryl methyl sites for hydroxylation is 1. The summed E-state index contributed by atoms with van der Waals surface area (Å²) in [6.45, 7) is 5.24. The van der Waals surface area contributed by atoms with Gasteiger partial charge >= 0.3 is 0 Å². The maximum atomic E-state index is 13.1. The van der Waals surface area contributed by atoms with Crippen molar-refractivity contribution in [3.8, 4) is 11.3 Å². The van der Waals surface area contributed by atoms with E-state index in [2.05, 4.69) is 33.5 Å². The number of morpholine rings is 1. The molecule has 0 spiro atoms. The number of carbonyl (C=O) groups is 1. The normalized spacial score (nSPS) is 18.9. The Balaban J connectivity index is 1.26. The fourth-order valence-electron chi connectivity index (χ4n) is 4.32. The van der Waals surface area contributed by atoms with Gasteiger partial charge in [-0.15, -0.1) is 11.3 Å². The van der Waals surface area contributed by atoms with Crippen molar-refractivity contribution < 1.29 is 9.53 Å². The van der Waals surface area contributed by atoms with Gasteiger partial charge in [-0.2, -0.15) is 0 Å². The Labute approximate surface area is 191 Å². The van der Waals surface area contributed by atoms with Crippen molar-refractivity contribution in [2.24, 2.45) is 0 Å². The minimum Gasteiger partial charge on any atom is -0.371 e. The summed E-state index contributed by atoms with van der Waals surface area (Å²) >= 11 is 7.66. The van der Waals surface area contributed by atoms with E-state index in [0.717, 1.165) is 47.0 Å². The zero-order valence-electron chi connectivity index (χ0n) is 17.4. The lowest BCUT2D eigenvalue weighted by Crippen LogP contribution is -2.45. The van der Waals surface area contributed by atoms with Crippen LogP contribution in [-0.4, -0.2) is 48.6 Å². The second-order valence-corrected chi connectivity index (χ2v) is 9.54. The van der Waals surface area contributed by atoms with Gasteiger partial charge in [-0.1, -0.05) is 29.8 Å². The summed E-state index contributed by atoms with van der Waals surface area (Å²) in [6, 6.07) is 14.1. The predicted molar refractivity (Wildman–Crippen MR) is 125 cm³/mol. The van der Waals surface area contributed by atoms with Crippen molar-refractivity contribution in [3.05, 3.63) is 69.0 Å². The molecule has 1 amide bonds. The van der Waals surface area contributed by atoms with Gasteiger partial charge in [0.15, 0.2) is 0 Å².